The molecule has 2 N–H and O–H groups in total. The van der Waals surface area contributed by atoms with Crippen LogP contribution in [0, 0.1) is 0 Å². The van der Waals surface area contributed by atoms with E-state index in [2.05, 4.69) is 6.92 Å². The van der Waals surface area contributed by atoms with Crippen LogP contribution in [0.2, 0.25) is 0 Å². The van der Waals surface area contributed by atoms with Gasteiger partial charge in [-0.05, 0) is 18.6 Å². The molecule has 156 valence electrons. The van der Waals surface area contributed by atoms with Crippen molar-refractivity contribution >= 4 is 0 Å². The summed E-state index contributed by atoms with van der Waals surface area (Å²) in [5.74, 6) is 0.176. The molecule has 1 unspecified atom stereocenters. The first-order valence-electron chi connectivity index (χ1n) is 11.3. The molecule has 2 rings (SSSR count). The largest absolute Gasteiger partial charge is 0.508 e. The zero-order valence-corrected chi connectivity index (χ0v) is 17.5. The lowest BCUT2D eigenvalue weighted by molar-refractivity contribution is 0.387. The Kier molecular flexibility index (Phi) is 14.9. The fourth-order valence-corrected chi connectivity index (χ4v) is 3.29. The summed E-state index contributed by atoms with van der Waals surface area (Å²) in [6, 6.07) is 5.85. The Morgan fingerprint density at radius 2 is 1.15 bits per heavy atom. The van der Waals surface area contributed by atoms with Gasteiger partial charge in [-0.3, -0.25) is 0 Å². The first-order chi connectivity index (χ1) is 13.2. The van der Waals surface area contributed by atoms with Gasteiger partial charge in [0.15, 0.2) is 0 Å². The number of hydrogen-bond donors (Lipinski definition) is 2. The van der Waals surface area contributed by atoms with Gasteiger partial charge in [0.25, 0.3) is 0 Å². The molecular weight excluding hydrogens is 336 g/mol. The summed E-state index contributed by atoms with van der Waals surface area (Å²) in [6.45, 7) is 3.33. The number of aromatic hydroxyl groups is 2. The number of phenolic OH excluding ortho intramolecular Hbond substituents is 2. The van der Waals surface area contributed by atoms with Crippen LogP contribution in [0.4, 0.5) is 0 Å². The van der Waals surface area contributed by atoms with Crippen molar-refractivity contribution in [3.05, 3.63) is 24.3 Å². The molecule has 1 fully saturated rings. The van der Waals surface area contributed by atoms with Gasteiger partial charge >= 0.3 is 0 Å². The average molecular weight is 379 g/mol. The minimum atomic E-state index is 0.0880. The second kappa shape index (κ2) is 16.9. The Bertz CT molecular complexity index is 426. The Morgan fingerprint density at radius 3 is 1.48 bits per heavy atom. The number of benzene rings is 1. The highest BCUT2D eigenvalue weighted by atomic mass is 16.6. The van der Waals surface area contributed by atoms with Gasteiger partial charge in [-0.1, -0.05) is 103 Å². The van der Waals surface area contributed by atoms with Crippen molar-refractivity contribution in [2.24, 2.45) is 0 Å². The average Bonchev–Trinajstić information content (AvgIpc) is 3.47. The molecule has 0 saturated carbocycles. The van der Waals surface area contributed by atoms with E-state index in [1.54, 1.807) is 6.07 Å². The van der Waals surface area contributed by atoms with Gasteiger partial charge in [0.1, 0.15) is 11.5 Å². The normalized spacial score (nSPS) is 15.2. The molecule has 1 heterocycles. The summed E-state index contributed by atoms with van der Waals surface area (Å²) in [5, 5.41) is 17.3. The molecule has 3 heteroatoms. The summed E-state index contributed by atoms with van der Waals surface area (Å²) in [7, 11) is 0. The van der Waals surface area contributed by atoms with Crippen LogP contribution in [0.5, 0.6) is 11.5 Å². The molecule has 0 amide bonds. The summed E-state index contributed by atoms with van der Waals surface area (Å²) < 4.78 is 5.22. The van der Waals surface area contributed by atoms with Gasteiger partial charge in [0.2, 0.25) is 0 Å². The molecule has 1 aliphatic rings. The van der Waals surface area contributed by atoms with Crippen LogP contribution in [0.25, 0.3) is 0 Å². The van der Waals surface area contributed by atoms with Crippen LogP contribution in [0.3, 0.4) is 0 Å². The topological polar surface area (TPSA) is 53.0 Å². The third-order valence-electron chi connectivity index (χ3n) is 5.11. The van der Waals surface area contributed by atoms with E-state index in [1.807, 2.05) is 0 Å². The number of unbranched alkanes of at least 4 members (excludes halogenated alkanes) is 13. The molecule has 0 aromatic heterocycles. The highest BCUT2D eigenvalue weighted by Crippen LogP contribution is 2.18. The van der Waals surface area contributed by atoms with Crippen molar-refractivity contribution in [1.82, 2.24) is 0 Å². The molecule has 1 saturated heterocycles. The molecule has 27 heavy (non-hydrogen) atoms. The van der Waals surface area contributed by atoms with Gasteiger partial charge in [0.05, 0.1) is 12.7 Å². The molecule has 3 nitrogen and oxygen atoms in total. The Hall–Kier alpha value is -1.22. The van der Waals surface area contributed by atoms with Gasteiger partial charge < -0.3 is 14.9 Å². The van der Waals surface area contributed by atoms with Crippen molar-refractivity contribution < 1.29 is 14.9 Å². The van der Waals surface area contributed by atoms with Gasteiger partial charge in [0, 0.05) is 6.07 Å². The Labute approximate surface area is 167 Å². The van der Waals surface area contributed by atoms with E-state index in [1.165, 1.54) is 115 Å². The zero-order chi connectivity index (χ0) is 19.6. The first kappa shape index (κ1) is 23.8. The quantitative estimate of drug-likeness (QED) is 0.248. The molecule has 0 radical (unpaired) electrons. The fraction of sp³-hybridized carbons (Fsp3) is 0.750. The van der Waals surface area contributed by atoms with E-state index in [0.29, 0.717) is 6.10 Å². The highest BCUT2D eigenvalue weighted by molar-refractivity contribution is 5.30. The number of epoxide rings is 1. The fourth-order valence-electron chi connectivity index (χ4n) is 3.29. The molecule has 0 spiro atoms. The second-order valence-corrected chi connectivity index (χ2v) is 7.86. The molecule has 1 aromatic carbocycles. The van der Waals surface area contributed by atoms with E-state index in [9.17, 15) is 0 Å². The number of ether oxygens (including phenoxy) is 1. The van der Waals surface area contributed by atoms with Crippen molar-refractivity contribution in [2.45, 2.75) is 109 Å². The maximum atomic E-state index is 8.65. The first-order valence-corrected chi connectivity index (χ1v) is 11.3. The summed E-state index contributed by atoms with van der Waals surface area (Å²) in [6.07, 6.45) is 22.3. The monoisotopic (exact) mass is 378 g/mol. The standard InChI is InChI=1S/C18H36O.C6H6O2/c1-2-3-4-5-6-7-8-9-10-11-12-13-14-15-16-18-17-19-18;7-5-2-1-3-6(8)4-5/h18H,2-17H2,1H3;1-4,7-8H. The third-order valence-corrected chi connectivity index (χ3v) is 5.11. The van der Waals surface area contributed by atoms with E-state index in [0.717, 1.165) is 6.61 Å². The van der Waals surface area contributed by atoms with Gasteiger partial charge in [-0.2, -0.15) is 0 Å². The lowest BCUT2D eigenvalue weighted by Gasteiger charge is -2.03. The highest BCUT2D eigenvalue weighted by Gasteiger charge is 2.20. The summed E-state index contributed by atoms with van der Waals surface area (Å²) >= 11 is 0. The van der Waals surface area contributed by atoms with Crippen LogP contribution in [0.1, 0.15) is 103 Å². The lowest BCUT2D eigenvalue weighted by Crippen LogP contribution is -1.86. The van der Waals surface area contributed by atoms with Crippen LogP contribution >= 0.6 is 0 Å². The summed E-state index contributed by atoms with van der Waals surface area (Å²) in [4.78, 5) is 0. The third kappa shape index (κ3) is 16.7. The summed E-state index contributed by atoms with van der Waals surface area (Å²) in [5.41, 5.74) is 0. The van der Waals surface area contributed by atoms with Crippen molar-refractivity contribution in [3.63, 3.8) is 0 Å². The Balaban J connectivity index is 0.000000377. The van der Waals surface area contributed by atoms with Crippen molar-refractivity contribution in [2.75, 3.05) is 6.61 Å². The molecule has 1 aliphatic heterocycles. The lowest BCUT2D eigenvalue weighted by atomic mass is 10.0. The maximum absolute atomic E-state index is 8.65. The number of phenols is 2. The van der Waals surface area contributed by atoms with Crippen LogP contribution in [-0.2, 0) is 4.74 Å². The van der Waals surface area contributed by atoms with E-state index >= 15 is 0 Å². The SMILES string of the molecule is CCCCCCCCCCCCCCCCC1CO1.Oc1cccc(O)c1. The van der Waals surface area contributed by atoms with Crippen LogP contribution < -0.4 is 0 Å². The number of rotatable bonds is 15. The molecule has 0 bridgehead atoms. The van der Waals surface area contributed by atoms with E-state index in [-0.39, 0.29) is 11.5 Å². The van der Waals surface area contributed by atoms with Crippen molar-refractivity contribution in [1.29, 1.82) is 0 Å². The minimum absolute atomic E-state index is 0.0880. The van der Waals surface area contributed by atoms with Gasteiger partial charge in [-0.25, -0.2) is 0 Å². The smallest absolute Gasteiger partial charge is 0.119 e. The Morgan fingerprint density at radius 1 is 0.741 bits per heavy atom. The van der Waals surface area contributed by atoms with Crippen LogP contribution in [0.15, 0.2) is 24.3 Å². The molecule has 0 aliphatic carbocycles. The predicted octanol–water partition coefficient (Wildman–Crippen LogP) is 7.35. The van der Waals surface area contributed by atoms with E-state index in [4.69, 9.17) is 14.9 Å². The zero-order valence-electron chi connectivity index (χ0n) is 17.5. The number of hydrogen-bond acceptors (Lipinski definition) is 3. The minimum Gasteiger partial charge on any atom is -0.508 e. The van der Waals surface area contributed by atoms with Crippen molar-refractivity contribution in [3.8, 4) is 11.5 Å². The molecular formula is C24H42O3. The molecule has 1 atom stereocenters. The van der Waals surface area contributed by atoms with Crippen LogP contribution in [-0.4, -0.2) is 22.9 Å². The maximum Gasteiger partial charge on any atom is 0.119 e. The predicted molar refractivity (Wildman–Crippen MR) is 114 cm³/mol. The van der Waals surface area contributed by atoms with E-state index < -0.39 is 0 Å². The van der Waals surface area contributed by atoms with Gasteiger partial charge in [-0.15, -0.1) is 0 Å². The molecule has 1 aromatic rings. The second-order valence-electron chi connectivity index (χ2n) is 7.86.